The van der Waals surface area contributed by atoms with E-state index >= 15 is 0 Å². The van der Waals surface area contributed by atoms with Gasteiger partial charge in [-0.2, -0.15) is 36.4 Å². The second-order valence-corrected chi connectivity index (χ2v) is 6.57. The molecule has 0 bridgehead atoms. The van der Waals surface area contributed by atoms with Crippen LogP contribution in [0.1, 0.15) is 23.7 Å². The largest absolute Gasteiger partial charge is 0.416 e. The maximum Gasteiger partial charge on any atom is 0.416 e. The minimum absolute atomic E-state index is 0.0383. The molecule has 2 heterocycles. The average molecular weight is 469 g/mol. The quantitative estimate of drug-likeness (QED) is 0.460. The first-order valence-corrected chi connectivity index (χ1v) is 8.58. The molecule has 150 valence electrons. The van der Waals surface area contributed by atoms with Gasteiger partial charge in [-0.05, 0) is 48.0 Å². The Balaban J connectivity index is 2.14. The minimum atomic E-state index is -4.97. The van der Waals surface area contributed by atoms with E-state index in [1.54, 1.807) is 13.8 Å². The Labute approximate surface area is 162 Å². The Kier molecular flexibility index (Phi) is 5.02. The third kappa shape index (κ3) is 3.77. The molecule has 0 aliphatic rings. The van der Waals surface area contributed by atoms with E-state index in [9.17, 15) is 26.3 Å². The maximum absolute atomic E-state index is 13.0. The topological polar surface area (TPSA) is 56.7 Å². The molecular weight excluding hydrogens is 458 g/mol. The van der Waals surface area contributed by atoms with E-state index in [1.807, 2.05) is 0 Å². The number of hydrogen-bond donors (Lipinski definition) is 0. The van der Waals surface area contributed by atoms with Crippen LogP contribution in [0.2, 0.25) is 0 Å². The summed E-state index contributed by atoms with van der Waals surface area (Å²) in [6.45, 7) is 3.93. The number of benzene rings is 1. The summed E-state index contributed by atoms with van der Waals surface area (Å²) in [5, 5.41) is 7.78. The number of rotatable bonds is 3. The fourth-order valence-electron chi connectivity index (χ4n) is 2.51. The first kappa shape index (κ1) is 20.4. The number of alkyl halides is 6. The first-order valence-electron chi connectivity index (χ1n) is 7.78. The van der Waals surface area contributed by atoms with Gasteiger partial charge in [0, 0.05) is 12.1 Å². The number of nitrogens with zero attached hydrogens (tertiary/aromatic N) is 4. The molecule has 1 aromatic carbocycles. The van der Waals surface area contributed by atoms with Crippen molar-refractivity contribution < 1.29 is 30.9 Å². The molecule has 5 nitrogen and oxygen atoms in total. The summed E-state index contributed by atoms with van der Waals surface area (Å²) in [6.07, 6.45) is -9.94. The normalized spacial score (nSPS) is 12.6. The van der Waals surface area contributed by atoms with Gasteiger partial charge in [0.05, 0.1) is 21.3 Å². The van der Waals surface area contributed by atoms with Gasteiger partial charge in [-0.1, -0.05) is 5.16 Å². The van der Waals surface area contributed by atoms with E-state index in [0.717, 1.165) is 0 Å². The van der Waals surface area contributed by atoms with Gasteiger partial charge in [0.1, 0.15) is 5.69 Å². The molecule has 0 aliphatic carbocycles. The third-order valence-electron chi connectivity index (χ3n) is 3.83. The second kappa shape index (κ2) is 6.90. The zero-order valence-electron chi connectivity index (χ0n) is 14.3. The van der Waals surface area contributed by atoms with Crippen LogP contribution in [-0.2, 0) is 18.9 Å². The van der Waals surface area contributed by atoms with Crippen molar-refractivity contribution in [1.29, 1.82) is 0 Å². The number of hydrogen-bond acceptors (Lipinski definition) is 4. The van der Waals surface area contributed by atoms with Crippen LogP contribution in [0.5, 0.6) is 0 Å². The lowest BCUT2D eigenvalue weighted by Crippen LogP contribution is -2.11. The summed E-state index contributed by atoms with van der Waals surface area (Å²) in [6, 6.07) is 1.12. The Bertz CT molecular complexity index is 989. The Morgan fingerprint density at radius 1 is 1.04 bits per heavy atom. The van der Waals surface area contributed by atoms with Gasteiger partial charge in [0.2, 0.25) is 5.82 Å². The molecule has 3 rings (SSSR count). The molecule has 0 N–H and O–H groups in total. The Hall–Kier alpha value is -2.37. The van der Waals surface area contributed by atoms with Gasteiger partial charge in [-0.15, -0.1) is 0 Å². The van der Waals surface area contributed by atoms with Crippen molar-refractivity contribution >= 4 is 15.9 Å². The van der Waals surface area contributed by atoms with Crippen molar-refractivity contribution in [2.45, 2.75) is 32.7 Å². The monoisotopic (exact) mass is 468 g/mol. The minimum Gasteiger partial charge on any atom is -0.332 e. The molecule has 0 spiro atoms. The molecule has 28 heavy (non-hydrogen) atoms. The third-order valence-corrected chi connectivity index (χ3v) is 4.78. The molecule has 0 amide bonds. The first-order chi connectivity index (χ1) is 12.9. The fraction of sp³-hybridized carbons (Fsp3) is 0.312. The second-order valence-electron chi connectivity index (χ2n) is 5.78. The van der Waals surface area contributed by atoms with E-state index in [1.165, 1.54) is 4.68 Å². The van der Waals surface area contributed by atoms with E-state index in [0.29, 0.717) is 34.5 Å². The lowest BCUT2D eigenvalue weighted by molar-refractivity contribution is -0.143. The van der Waals surface area contributed by atoms with Crippen LogP contribution < -0.4 is 0 Å². The Morgan fingerprint density at radius 2 is 1.61 bits per heavy atom. The van der Waals surface area contributed by atoms with Crippen LogP contribution in [0.15, 0.2) is 27.2 Å². The zero-order chi connectivity index (χ0) is 20.9. The van der Waals surface area contributed by atoms with Crippen molar-refractivity contribution in [1.82, 2.24) is 19.9 Å². The number of aryl methyl sites for hydroxylation is 2. The molecule has 0 saturated heterocycles. The highest BCUT2D eigenvalue weighted by atomic mass is 79.9. The molecule has 2 aromatic heterocycles. The molecule has 0 atom stereocenters. The van der Waals surface area contributed by atoms with Crippen LogP contribution in [0, 0.1) is 6.92 Å². The highest BCUT2D eigenvalue weighted by Gasteiger charge is 2.37. The van der Waals surface area contributed by atoms with E-state index < -0.39 is 34.9 Å². The number of halogens is 7. The van der Waals surface area contributed by atoms with Gasteiger partial charge in [-0.25, -0.2) is 0 Å². The van der Waals surface area contributed by atoms with Gasteiger partial charge in [0.15, 0.2) is 0 Å². The van der Waals surface area contributed by atoms with Crippen LogP contribution in [-0.4, -0.2) is 19.9 Å². The predicted molar refractivity (Wildman–Crippen MR) is 89.1 cm³/mol. The van der Waals surface area contributed by atoms with E-state index in [-0.39, 0.29) is 12.0 Å². The molecule has 0 fully saturated rings. The van der Waals surface area contributed by atoms with Crippen LogP contribution in [0.4, 0.5) is 26.3 Å². The van der Waals surface area contributed by atoms with Gasteiger partial charge < -0.3 is 4.52 Å². The lowest BCUT2D eigenvalue weighted by Gasteiger charge is -2.12. The highest BCUT2D eigenvalue weighted by molar-refractivity contribution is 9.10. The van der Waals surface area contributed by atoms with Crippen LogP contribution in [0.25, 0.3) is 23.0 Å². The lowest BCUT2D eigenvalue weighted by atomic mass is 10.0. The van der Waals surface area contributed by atoms with E-state index in [4.69, 9.17) is 4.52 Å². The molecule has 3 aromatic rings. The maximum atomic E-state index is 13.0. The molecule has 0 saturated carbocycles. The van der Waals surface area contributed by atoms with Crippen molar-refractivity contribution in [3.63, 3.8) is 0 Å². The summed E-state index contributed by atoms with van der Waals surface area (Å²) in [5.41, 5.74) is -2.40. The fourth-order valence-corrected chi connectivity index (χ4v) is 2.97. The van der Waals surface area contributed by atoms with Crippen molar-refractivity contribution in [2.24, 2.45) is 0 Å². The van der Waals surface area contributed by atoms with Crippen LogP contribution in [0.3, 0.4) is 0 Å². The van der Waals surface area contributed by atoms with E-state index in [2.05, 4.69) is 31.2 Å². The highest BCUT2D eigenvalue weighted by Crippen LogP contribution is 2.39. The van der Waals surface area contributed by atoms with Crippen molar-refractivity contribution in [2.75, 3.05) is 0 Å². The predicted octanol–water partition coefficient (Wildman–Crippen LogP) is 5.73. The average Bonchev–Trinajstić information content (AvgIpc) is 3.18. The van der Waals surface area contributed by atoms with Crippen molar-refractivity contribution in [3.8, 4) is 23.0 Å². The summed E-state index contributed by atoms with van der Waals surface area (Å²) in [5.74, 6) is -0.490. The molecule has 0 radical (unpaired) electrons. The molecule has 12 heteroatoms. The summed E-state index contributed by atoms with van der Waals surface area (Å²) in [7, 11) is 0. The van der Waals surface area contributed by atoms with Gasteiger partial charge >= 0.3 is 12.4 Å². The SMILES string of the molecule is CCn1nc(C)c(Br)c1-c1nc(-c2cc(C(F)(F)F)cc(C(F)(F)F)c2)no1. The zero-order valence-corrected chi connectivity index (χ0v) is 15.9. The van der Waals surface area contributed by atoms with Gasteiger partial charge in [-0.3, -0.25) is 4.68 Å². The van der Waals surface area contributed by atoms with Crippen molar-refractivity contribution in [3.05, 3.63) is 39.5 Å². The summed E-state index contributed by atoms with van der Waals surface area (Å²) < 4.78 is 85.3. The smallest absolute Gasteiger partial charge is 0.332 e. The summed E-state index contributed by atoms with van der Waals surface area (Å²) in [4.78, 5) is 3.98. The van der Waals surface area contributed by atoms with Crippen LogP contribution >= 0.6 is 15.9 Å². The summed E-state index contributed by atoms with van der Waals surface area (Å²) >= 11 is 3.31. The molecule has 0 unspecified atom stereocenters. The molecule has 0 aliphatic heterocycles. The standard InChI is InChI=1S/C16H11BrF6N4O/c1-3-27-12(11(17)7(2)25-27)14-24-13(26-28-14)8-4-9(15(18,19)20)6-10(5-8)16(21,22)23/h4-6H,3H2,1-2H3. The molecular formula is C16H11BrF6N4O. The Morgan fingerprint density at radius 3 is 2.11 bits per heavy atom. The van der Waals surface area contributed by atoms with Gasteiger partial charge in [0.25, 0.3) is 5.89 Å². The number of aromatic nitrogens is 4.